The van der Waals surface area contributed by atoms with Gasteiger partial charge in [0.1, 0.15) is 0 Å². The molecule has 2 rings (SSSR count). The zero-order valence-corrected chi connectivity index (χ0v) is 16.5. The highest BCUT2D eigenvalue weighted by Crippen LogP contribution is 2.26. The number of carbonyl (C=O) groups is 2. The highest BCUT2D eigenvalue weighted by Gasteiger charge is 2.34. The Bertz CT molecular complexity index is 648. The summed E-state index contributed by atoms with van der Waals surface area (Å²) >= 11 is 4.29. The first kappa shape index (κ1) is 22.8. The maximum absolute atomic E-state index is 12.2. The third-order valence-electron chi connectivity index (χ3n) is 3.69. The van der Waals surface area contributed by atoms with Crippen LogP contribution in [0.1, 0.15) is 47.4 Å². The second-order valence-electron chi connectivity index (χ2n) is 6.50. The van der Waals surface area contributed by atoms with Gasteiger partial charge in [0.25, 0.3) is 11.8 Å². The van der Waals surface area contributed by atoms with Crippen molar-refractivity contribution in [3.8, 4) is 0 Å². The van der Waals surface area contributed by atoms with E-state index in [1.165, 1.54) is 4.90 Å². The maximum Gasteiger partial charge on any atom is 0.466 e. The molecule has 0 saturated heterocycles. The van der Waals surface area contributed by atoms with Crippen molar-refractivity contribution >= 4 is 32.3 Å². The van der Waals surface area contributed by atoms with Crippen LogP contribution in [0.25, 0.3) is 0 Å². The summed E-state index contributed by atoms with van der Waals surface area (Å²) in [5.41, 5.74) is 1.06. The summed E-state index contributed by atoms with van der Waals surface area (Å²) in [6.07, 6.45) is 1.73. The minimum absolute atomic E-state index is 0.0125. The first-order valence-electron chi connectivity index (χ1n) is 8.05. The molecule has 8 nitrogen and oxygen atoms in total. The summed E-state index contributed by atoms with van der Waals surface area (Å²) in [5.74, 6) is 0.435. The number of fused-ring (bicyclic) bond motifs is 1. The van der Waals surface area contributed by atoms with E-state index in [9.17, 15) is 9.59 Å². The van der Waals surface area contributed by atoms with Crippen LogP contribution in [0.4, 0.5) is 0 Å². The van der Waals surface area contributed by atoms with Gasteiger partial charge < -0.3 is 20.0 Å². The summed E-state index contributed by atoms with van der Waals surface area (Å²) in [6, 6.07) is 7.01. The van der Waals surface area contributed by atoms with Gasteiger partial charge in [-0.05, 0) is 45.4 Å². The number of rotatable bonds is 7. The number of phosphoric acid groups is 1. The molecule has 0 bridgehead atoms. The van der Waals surface area contributed by atoms with E-state index in [4.69, 9.17) is 19.2 Å². The Morgan fingerprint density at radius 2 is 1.54 bits per heavy atom. The molecule has 0 unspecified atom stereocenters. The predicted molar refractivity (Wildman–Crippen MR) is 101 cm³/mol. The molecule has 0 saturated carbocycles. The largest absolute Gasteiger partial charge is 0.466 e. The number of nitrogens with zero attached hydrogens (tertiary/aromatic N) is 1. The number of thiol groups is 1. The number of nitrogens with one attached hydrogen (secondary N) is 1. The van der Waals surface area contributed by atoms with Gasteiger partial charge in [0.15, 0.2) is 0 Å². The number of carbonyl (C=O) groups excluding carboxylic acids is 2. The number of benzene rings is 1. The lowest BCUT2D eigenvalue weighted by Crippen LogP contribution is -2.41. The molecule has 1 aliphatic rings. The average molecular weight is 404 g/mol. The van der Waals surface area contributed by atoms with Crippen molar-refractivity contribution in [1.29, 1.82) is 0 Å². The highest BCUT2D eigenvalue weighted by molar-refractivity contribution is 7.80. The number of unbranched alkanes of at least 4 members (excludes halogenated alkanes) is 1. The Labute approximate surface area is 158 Å². The summed E-state index contributed by atoms with van der Waals surface area (Å²) < 4.78 is 8.88. The lowest BCUT2D eigenvalue weighted by atomic mass is 10.1. The maximum atomic E-state index is 12.2. The third kappa shape index (κ3) is 7.57. The van der Waals surface area contributed by atoms with Crippen LogP contribution in [-0.2, 0) is 4.57 Å². The molecule has 1 aliphatic heterocycles. The van der Waals surface area contributed by atoms with Gasteiger partial charge in [0, 0.05) is 17.8 Å². The molecule has 0 aliphatic carbocycles. The van der Waals surface area contributed by atoms with E-state index in [1.807, 2.05) is 0 Å². The first-order chi connectivity index (χ1) is 12.0. The van der Waals surface area contributed by atoms with E-state index < -0.39 is 7.82 Å². The molecule has 1 heterocycles. The summed E-state index contributed by atoms with van der Waals surface area (Å²) in [7, 11) is -4.64. The fraction of sp³-hybridized carbons (Fsp3) is 0.500. The normalized spacial score (nSPS) is 14.2. The molecule has 10 heteroatoms. The number of hydrogen-bond donors (Lipinski definition) is 5. The molecule has 1 aromatic rings. The molecular weight excluding hydrogens is 379 g/mol. The molecule has 0 aromatic heterocycles. The molecular formula is C16H25N2O6PS. The van der Waals surface area contributed by atoms with Gasteiger partial charge in [-0.25, -0.2) is 4.57 Å². The average Bonchev–Trinajstić information content (AvgIpc) is 2.78. The molecule has 0 atom stereocenters. The minimum Gasteiger partial charge on any atom is -0.311 e. The van der Waals surface area contributed by atoms with Crippen LogP contribution in [0, 0.1) is 0 Å². The van der Waals surface area contributed by atoms with Crippen LogP contribution in [0.2, 0.25) is 0 Å². The van der Waals surface area contributed by atoms with Crippen LogP contribution < -0.4 is 5.32 Å². The Morgan fingerprint density at radius 1 is 1.08 bits per heavy atom. The van der Waals surface area contributed by atoms with Crippen LogP contribution >= 0.6 is 20.5 Å². The lowest BCUT2D eigenvalue weighted by molar-refractivity contribution is 0.0651. The second kappa shape index (κ2) is 9.64. The zero-order chi connectivity index (χ0) is 20.0. The van der Waals surface area contributed by atoms with Gasteiger partial charge in [-0.1, -0.05) is 12.1 Å². The van der Waals surface area contributed by atoms with E-state index in [2.05, 4.69) is 31.8 Å². The quantitative estimate of drug-likeness (QED) is 0.201. The second-order valence-corrected chi connectivity index (χ2v) is 7.84. The number of amides is 2. The molecule has 0 radical (unpaired) electrons. The predicted octanol–water partition coefficient (Wildman–Crippen LogP) is 1.43. The molecule has 0 spiro atoms. The van der Waals surface area contributed by atoms with Gasteiger partial charge in [0.2, 0.25) is 0 Å². The smallest absolute Gasteiger partial charge is 0.311 e. The van der Waals surface area contributed by atoms with E-state index >= 15 is 0 Å². The van der Waals surface area contributed by atoms with Gasteiger partial charge in [0.05, 0.1) is 11.1 Å². The van der Waals surface area contributed by atoms with Crippen molar-refractivity contribution in [1.82, 2.24) is 10.2 Å². The Morgan fingerprint density at radius 3 is 1.96 bits per heavy atom. The van der Waals surface area contributed by atoms with Crippen molar-refractivity contribution < 1.29 is 28.8 Å². The van der Waals surface area contributed by atoms with Gasteiger partial charge in [-0.3, -0.25) is 14.5 Å². The van der Waals surface area contributed by atoms with Gasteiger partial charge >= 0.3 is 7.82 Å². The lowest BCUT2D eigenvalue weighted by Gasteiger charge is -2.24. The minimum atomic E-state index is -4.64. The number of imide groups is 1. The topological polar surface area (TPSA) is 127 Å². The molecule has 0 fully saturated rings. The Hall–Kier alpha value is -1.22. The SMILES string of the molecule is CC(C)(CS)NCCCCN1C(=O)c2ccccc2C1=O.O=P(O)(O)O. The summed E-state index contributed by atoms with van der Waals surface area (Å²) in [4.78, 5) is 47.2. The molecule has 146 valence electrons. The van der Waals surface area contributed by atoms with E-state index in [0.29, 0.717) is 17.7 Å². The fourth-order valence-electron chi connectivity index (χ4n) is 2.32. The highest BCUT2D eigenvalue weighted by atomic mass is 32.1. The molecule has 26 heavy (non-hydrogen) atoms. The van der Waals surface area contributed by atoms with E-state index in [0.717, 1.165) is 25.1 Å². The van der Waals surface area contributed by atoms with Gasteiger partial charge in [-0.15, -0.1) is 0 Å². The fourth-order valence-corrected chi connectivity index (χ4v) is 2.43. The van der Waals surface area contributed by atoms with Crippen molar-refractivity contribution in [2.24, 2.45) is 0 Å². The summed E-state index contributed by atoms with van der Waals surface area (Å²) in [6.45, 7) is 5.54. The van der Waals surface area contributed by atoms with E-state index in [1.54, 1.807) is 24.3 Å². The van der Waals surface area contributed by atoms with Gasteiger partial charge in [-0.2, -0.15) is 12.6 Å². The van der Waals surface area contributed by atoms with Crippen LogP contribution in [-0.4, -0.2) is 55.8 Å². The Kier molecular flexibility index (Phi) is 8.46. The summed E-state index contributed by atoms with van der Waals surface area (Å²) in [5, 5.41) is 3.41. The van der Waals surface area contributed by atoms with Crippen LogP contribution in [0.5, 0.6) is 0 Å². The molecule has 1 aromatic carbocycles. The van der Waals surface area contributed by atoms with Crippen LogP contribution in [0.3, 0.4) is 0 Å². The van der Waals surface area contributed by atoms with Crippen LogP contribution in [0.15, 0.2) is 24.3 Å². The Balaban J connectivity index is 0.000000597. The molecule has 2 amide bonds. The van der Waals surface area contributed by atoms with Crippen molar-refractivity contribution in [2.75, 3.05) is 18.8 Å². The standard InChI is InChI=1S/C16H22N2O2S.H3O4P/c1-16(2,11-21)17-9-5-6-10-18-14(19)12-7-3-4-8-13(12)15(18)20;1-5(2,3)4/h3-4,7-8,17,21H,5-6,9-11H2,1-2H3;(H3,1,2,3,4). The van der Waals surface area contributed by atoms with Crippen molar-refractivity contribution in [2.45, 2.75) is 32.2 Å². The van der Waals surface area contributed by atoms with E-state index in [-0.39, 0.29) is 17.4 Å². The zero-order valence-electron chi connectivity index (χ0n) is 14.8. The monoisotopic (exact) mass is 404 g/mol. The molecule has 4 N–H and O–H groups in total. The van der Waals surface area contributed by atoms with Crippen molar-refractivity contribution in [3.63, 3.8) is 0 Å². The first-order valence-corrected chi connectivity index (χ1v) is 10.3. The van der Waals surface area contributed by atoms with Crippen molar-refractivity contribution in [3.05, 3.63) is 35.4 Å². The number of hydrogen-bond acceptors (Lipinski definition) is 5. The third-order valence-corrected chi connectivity index (χ3v) is 4.48.